The number of ether oxygens (including phenoxy) is 1. The highest BCUT2D eigenvalue weighted by atomic mass is 31.2. The van der Waals surface area contributed by atoms with E-state index in [-0.39, 0.29) is 25.4 Å². The standard InChI is InChI=1S/C11H26NO5P/c1-11(2,3)15-9-10-17-18(13,14)16-8-7-12(4,5)6/h7-10H2,1-6H3/p+1. The molecular weight excluding hydrogens is 257 g/mol. The number of hydrogen-bond donors (Lipinski definition) is 1. The fourth-order valence-electron chi connectivity index (χ4n) is 0.968. The highest BCUT2D eigenvalue weighted by Crippen LogP contribution is 2.42. The maximum Gasteiger partial charge on any atom is 0.472 e. The zero-order chi connectivity index (χ0) is 14.4. The van der Waals surface area contributed by atoms with Crippen LogP contribution in [0.4, 0.5) is 0 Å². The maximum absolute atomic E-state index is 11.5. The lowest BCUT2D eigenvalue weighted by Gasteiger charge is -2.24. The summed E-state index contributed by atoms with van der Waals surface area (Å²) in [5, 5.41) is 0. The van der Waals surface area contributed by atoms with Crippen LogP contribution in [-0.2, 0) is 18.3 Å². The van der Waals surface area contributed by atoms with Gasteiger partial charge in [0.15, 0.2) is 0 Å². The molecule has 0 aromatic heterocycles. The van der Waals surface area contributed by atoms with Gasteiger partial charge < -0.3 is 14.1 Å². The van der Waals surface area contributed by atoms with Crippen LogP contribution in [0, 0.1) is 0 Å². The molecule has 0 aliphatic carbocycles. The second-order valence-corrected chi connectivity index (χ2v) is 7.56. The Morgan fingerprint density at radius 2 is 1.56 bits per heavy atom. The molecule has 0 rings (SSSR count). The summed E-state index contributed by atoms with van der Waals surface area (Å²) >= 11 is 0. The van der Waals surface area contributed by atoms with Gasteiger partial charge in [-0.2, -0.15) is 0 Å². The van der Waals surface area contributed by atoms with Crippen molar-refractivity contribution in [3.05, 3.63) is 0 Å². The maximum atomic E-state index is 11.5. The normalized spacial score (nSPS) is 16.6. The van der Waals surface area contributed by atoms with E-state index < -0.39 is 7.82 Å². The van der Waals surface area contributed by atoms with Gasteiger partial charge in [-0.3, -0.25) is 9.05 Å². The lowest BCUT2D eigenvalue weighted by Crippen LogP contribution is -2.37. The number of nitrogens with zero attached hydrogens (tertiary/aromatic N) is 1. The molecule has 6 nitrogen and oxygen atoms in total. The molecule has 0 spiro atoms. The van der Waals surface area contributed by atoms with Gasteiger partial charge in [0.1, 0.15) is 13.2 Å². The Bertz CT molecular complexity index is 282. The SMILES string of the molecule is CC(C)(C)OCCOP(=O)(O)OCC[N+](C)(C)C. The first-order valence-electron chi connectivity index (χ1n) is 5.98. The van der Waals surface area contributed by atoms with Gasteiger partial charge in [0.05, 0.1) is 40.0 Å². The largest absolute Gasteiger partial charge is 0.472 e. The molecule has 0 radical (unpaired) electrons. The molecule has 1 unspecified atom stereocenters. The zero-order valence-electron chi connectivity index (χ0n) is 12.3. The summed E-state index contributed by atoms with van der Waals surface area (Å²) in [6.07, 6.45) is 0. The van der Waals surface area contributed by atoms with E-state index in [9.17, 15) is 9.46 Å². The number of rotatable bonds is 8. The average molecular weight is 284 g/mol. The smallest absolute Gasteiger partial charge is 0.373 e. The van der Waals surface area contributed by atoms with Crippen LogP contribution in [-0.4, -0.2) is 62.5 Å². The minimum Gasteiger partial charge on any atom is -0.373 e. The second kappa shape index (κ2) is 6.98. The van der Waals surface area contributed by atoms with E-state index >= 15 is 0 Å². The van der Waals surface area contributed by atoms with Crippen molar-refractivity contribution in [3.63, 3.8) is 0 Å². The van der Waals surface area contributed by atoms with Gasteiger partial charge in [0.2, 0.25) is 0 Å². The molecule has 0 aliphatic heterocycles. The Morgan fingerprint density at radius 3 is 2.00 bits per heavy atom. The van der Waals surface area contributed by atoms with Crippen molar-refractivity contribution in [1.82, 2.24) is 0 Å². The summed E-state index contributed by atoms with van der Waals surface area (Å²) in [5.74, 6) is 0. The molecule has 0 aromatic carbocycles. The van der Waals surface area contributed by atoms with Crippen molar-refractivity contribution >= 4 is 7.82 Å². The predicted octanol–water partition coefficient (Wildman–Crippen LogP) is 1.64. The van der Waals surface area contributed by atoms with Gasteiger partial charge in [0.25, 0.3) is 0 Å². The summed E-state index contributed by atoms with van der Waals surface area (Å²) in [6, 6.07) is 0. The first-order chi connectivity index (χ1) is 7.91. The molecule has 7 heteroatoms. The van der Waals surface area contributed by atoms with Crippen molar-refractivity contribution in [1.29, 1.82) is 0 Å². The van der Waals surface area contributed by atoms with Gasteiger partial charge in [-0.15, -0.1) is 0 Å². The molecule has 0 bridgehead atoms. The van der Waals surface area contributed by atoms with Crippen LogP contribution >= 0.6 is 7.82 Å². The van der Waals surface area contributed by atoms with Crippen LogP contribution in [0.2, 0.25) is 0 Å². The van der Waals surface area contributed by atoms with Crippen molar-refractivity contribution in [2.45, 2.75) is 26.4 Å². The van der Waals surface area contributed by atoms with E-state index in [4.69, 9.17) is 13.8 Å². The average Bonchev–Trinajstić information content (AvgIpc) is 2.08. The van der Waals surface area contributed by atoms with Crippen LogP contribution in [0.15, 0.2) is 0 Å². The Labute approximate surface area is 110 Å². The first kappa shape index (κ1) is 18.0. The van der Waals surface area contributed by atoms with E-state index in [1.54, 1.807) is 0 Å². The Morgan fingerprint density at radius 1 is 1.06 bits per heavy atom. The molecule has 18 heavy (non-hydrogen) atoms. The summed E-state index contributed by atoms with van der Waals surface area (Å²) in [7, 11) is 1.98. The van der Waals surface area contributed by atoms with Crippen LogP contribution in [0.5, 0.6) is 0 Å². The van der Waals surface area contributed by atoms with Gasteiger partial charge in [-0.05, 0) is 20.8 Å². The molecule has 0 heterocycles. The van der Waals surface area contributed by atoms with E-state index in [1.807, 2.05) is 41.9 Å². The van der Waals surface area contributed by atoms with Crippen LogP contribution in [0.3, 0.4) is 0 Å². The number of likely N-dealkylation sites (N-methyl/N-ethyl adjacent to an activating group) is 1. The fourth-order valence-corrected chi connectivity index (χ4v) is 1.66. The third-order valence-corrected chi connectivity index (χ3v) is 2.91. The molecule has 1 atom stereocenters. The van der Waals surface area contributed by atoms with Gasteiger partial charge in [-0.25, -0.2) is 4.57 Å². The molecule has 0 aromatic rings. The third-order valence-electron chi connectivity index (χ3n) is 1.89. The summed E-state index contributed by atoms with van der Waals surface area (Å²) in [4.78, 5) is 9.39. The number of phosphoric ester groups is 1. The topological polar surface area (TPSA) is 65.0 Å². The fraction of sp³-hybridized carbons (Fsp3) is 1.00. The Hall–Kier alpha value is 0.0300. The lowest BCUT2D eigenvalue weighted by atomic mass is 10.2. The van der Waals surface area contributed by atoms with Crippen LogP contribution < -0.4 is 0 Å². The second-order valence-electron chi connectivity index (χ2n) is 6.11. The molecule has 1 N–H and O–H groups in total. The van der Waals surface area contributed by atoms with E-state index in [2.05, 4.69) is 0 Å². The monoisotopic (exact) mass is 284 g/mol. The minimum absolute atomic E-state index is 0.0371. The van der Waals surface area contributed by atoms with Crippen LogP contribution in [0.25, 0.3) is 0 Å². The summed E-state index contributed by atoms with van der Waals surface area (Å²) in [5.41, 5.74) is -0.284. The zero-order valence-corrected chi connectivity index (χ0v) is 13.2. The first-order valence-corrected chi connectivity index (χ1v) is 7.47. The van der Waals surface area contributed by atoms with Crippen molar-refractivity contribution in [3.8, 4) is 0 Å². The molecule has 0 fully saturated rings. The number of hydrogen-bond acceptors (Lipinski definition) is 4. The van der Waals surface area contributed by atoms with Crippen molar-refractivity contribution in [2.24, 2.45) is 0 Å². The molecule has 0 saturated carbocycles. The predicted molar refractivity (Wildman–Crippen MR) is 70.3 cm³/mol. The number of phosphoric acid groups is 1. The van der Waals surface area contributed by atoms with E-state index in [0.29, 0.717) is 11.0 Å². The van der Waals surface area contributed by atoms with E-state index in [1.165, 1.54) is 0 Å². The van der Waals surface area contributed by atoms with Crippen LogP contribution in [0.1, 0.15) is 20.8 Å². The van der Waals surface area contributed by atoms with Crippen molar-refractivity contribution in [2.75, 3.05) is 47.5 Å². The summed E-state index contributed by atoms with van der Waals surface area (Å²) < 4.78 is 27.2. The Balaban J connectivity index is 3.78. The quantitative estimate of drug-likeness (QED) is 0.417. The minimum atomic E-state index is -3.95. The van der Waals surface area contributed by atoms with Gasteiger partial charge in [-0.1, -0.05) is 0 Å². The Kier molecular flexibility index (Phi) is 7.00. The van der Waals surface area contributed by atoms with Gasteiger partial charge >= 0.3 is 7.82 Å². The highest BCUT2D eigenvalue weighted by Gasteiger charge is 2.22. The molecule has 0 saturated heterocycles. The highest BCUT2D eigenvalue weighted by molar-refractivity contribution is 7.47. The van der Waals surface area contributed by atoms with Crippen molar-refractivity contribution < 1.29 is 27.7 Å². The van der Waals surface area contributed by atoms with E-state index in [0.717, 1.165) is 0 Å². The molecule has 0 amide bonds. The molecule has 110 valence electrons. The lowest BCUT2D eigenvalue weighted by molar-refractivity contribution is -0.870. The van der Waals surface area contributed by atoms with Gasteiger partial charge in [0, 0.05) is 0 Å². The molecular formula is C11H27NO5P+. The molecule has 0 aliphatic rings. The third kappa shape index (κ3) is 12.5. The summed E-state index contributed by atoms with van der Waals surface area (Å²) in [6.45, 7) is 6.82. The number of quaternary nitrogens is 1.